The molecule has 0 atom stereocenters. The minimum atomic E-state index is -0.553. The van der Waals surface area contributed by atoms with Crippen LogP contribution in [-0.4, -0.2) is 18.7 Å². The molecule has 5 heteroatoms. The summed E-state index contributed by atoms with van der Waals surface area (Å²) in [5.41, 5.74) is 5.59. The van der Waals surface area contributed by atoms with Crippen LogP contribution in [0.15, 0.2) is 18.2 Å². The Balaban J connectivity index is 2.66. The standard InChI is InChI=1S/C11H13FN2O2/c1-14-11(16)5-4-10(15)7-2-3-8(12)9(13)6-7/h2-3,6H,4-5,13H2,1H3,(H,14,16). The zero-order chi connectivity index (χ0) is 12.1. The van der Waals surface area contributed by atoms with Gasteiger partial charge in [0.2, 0.25) is 5.91 Å². The number of hydrogen-bond donors (Lipinski definition) is 2. The first kappa shape index (κ1) is 12.2. The molecule has 1 aromatic rings. The second kappa shape index (κ2) is 5.25. The minimum absolute atomic E-state index is 0.0641. The lowest BCUT2D eigenvalue weighted by atomic mass is 10.1. The normalized spacial score (nSPS) is 9.88. The third-order valence-corrected chi connectivity index (χ3v) is 2.18. The van der Waals surface area contributed by atoms with E-state index in [9.17, 15) is 14.0 Å². The largest absolute Gasteiger partial charge is 0.396 e. The molecular formula is C11H13FN2O2. The smallest absolute Gasteiger partial charge is 0.220 e. The number of benzene rings is 1. The van der Waals surface area contributed by atoms with Crippen molar-refractivity contribution in [1.29, 1.82) is 0 Å². The SMILES string of the molecule is CNC(=O)CCC(=O)c1ccc(F)c(N)c1. The second-order valence-electron chi connectivity index (χ2n) is 3.33. The molecule has 1 amide bonds. The number of Topliss-reactive ketones (excluding diaryl/α,β-unsaturated/α-hetero) is 1. The van der Waals surface area contributed by atoms with Crippen molar-refractivity contribution in [2.24, 2.45) is 0 Å². The minimum Gasteiger partial charge on any atom is -0.396 e. The summed E-state index contributed by atoms with van der Waals surface area (Å²) in [6.07, 6.45) is 0.206. The number of rotatable bonds is 4. The summed E-state index contributed by atoms with van der Waals surface area (Å²) in [5, 5.41) is 2.42. The fourth-order valence-electron chi connectivity index (χ4n) is 1.21. The molecule has 86 valence electrons. The van der Waals surface area contributed by atoms with Crippen molar-refractivity contribution in [3.8, 4) is 0 Å². The molecule has 3 N–H and O–H groups in total. The monoisotopic (exact) mass is 224 g/mol. The molecule has 0 aliphatic rings. The average molecular weight is 224 g/mol. The molecule has 0 unspecified atom stereocenters. The van der Waals surface area contributed by atoms with Crippen molar-refractivity contribution in [2.45, 2.75) is 12.8 Å². The van der Waals surface area contributed by atoms with Gasteiger partial charge in [-0.1, -0.05) is 0 Å². The highest BCUT2D eigenvalue weighted by molar-refractivity contribution is 5.98. The molecule has 0 saturated carbocycles. The third-order valence-electron chi connectivity index (χ3n) is 2.18. The van der Waals surface area contributed by atoms with E-state index in [1.807, 2.05) is 0 Å². The van der Waals surface area contributed by atoms with Crippen LogP contribution in [0.25, 0.3) is 0 Å². The van der Waals surface area contributed by atoms with Gasteiger partial charge in [-0.2, -0.15) is 0 Å². The van der Waals surface area contributed by atoms with Gasteiger partial charge in [-0.3, -0.25) is 9.59 Å². The number of nitrogen functional groups attached to an aromatic ring is 1. The van der Waals surface area contributed by atoms with Gasteiger partial charge in [0.15, 0.2) is 5.78 Å². The van der Waals surface area contributed by atoms with E-state index in [2.05, 4.69) is 5.32 Å². The fraction of sp³-hybridized carbons (Fsp3) is 0.273. The van der Waals surface area contributed by atoms with E-state index in [0.717, 1.165) is 6.07 Å². The summed E-state index contributed by atoms with van der Waals surface area (Å²) in [4.78, 5) is 22.5. The lowest BCUT2D eigenvalue weighted by molar-refractivity contribution is -0.120. The van der Waals surface area contributed by atoms with Gasteiger partial charge in [0.05, 0.1) is 5.69 Å². The summed E-state index contributed by atoms with van der Waals surface area (Å²) in [5.74, 6) is -0.985. The summed E-state index contributed by atoms with van der Waals surface area (Å²) in [6, 6.07) is 3.78. The van der Waals surface area contributed by atoms with Gasteiger partial charge in [0.1, 0.15) is 5.82 Å². The molecule has 0 fully saturated rings. The molecule has 4 nitrogen and oxygen atoms in total. The van der Waals surface area contributed by atoms with Crippen molar-refractivity contribution >= 4 is 17.4 Å². The first-order valence-electron chi connectivity index (χ1n) is 4.83. The van der Waals surface area contributed by atoms with Crippen LogP contribution < -0.4 is 11.1 Å². The van der Waals surface area contributed by atoms with Crippen LogP contribution in [0.2, 0.25) is 0 Å². The predicted molar refractivity (Wildman–Crippen MR) is 58.4 cm³/mol. The number of hydrogen-bond acceptors (Lipinski definition) is 3. The molecule has 0 aromatic heterocycles. The Hall–Kier alpha value is -1.91. The van der Waals surface area contributed by atoms with Crippen LogP contribution in [0.5, 0.6) is 0 Å². The van der Waals surface area contributed by atoms with Crippen LogP contribution in [0.1, 0.15) is 23.2 Å². The number of amides is 1. The Bertz CT molecular complexity index is 418. The summed E-state index contributed by atoms with van der Waals surface area (Å²) in [7, 11) is 1.50. The highest BCUT2D eigenvalue weighted by atomic mass is 19.1. The predicted octanol–water partition coefficient (Wildman–Crippen LogP) is 1.12. The van der Waals surface area contributed by atoms with Crippen LogP contribution >= 0.6 is 0 Å². The van der Waals surface area contributed by atoms with Gasteiger partial charge in [-0.05, 0) is 18.2 Å². The highest BCUT2D eigenvalue weighted by Crippen LogP contribution is 2.14. The quantitative estimate of drug-likeness (QED) is 0.594. The van der Waals surface area contributed by atoms with Crippen molar-refractivity contribution in [3.63, 3.8) is 0 Å². The fourth-order valence-corrected chi connectivity index (χ4v) is 1.21. The first-order chi connectivity index (χ1) is 7.54. The van der Waals surface area contributed by atoms with Crippen LogP contribution in [0, 0.1) is 5.82 Å². The van der Waals surface area contributed by atoms with Gasteiger partial charge in [0, 0.05) is 25.5 Å². The molecule has 16 heavy (non-hydrogen) atoms. The number of ketones is 1. The van der Waals surface area contributed by atoms with E-state index in [0.29, 0.717) is 5.56 Å². The molecule has 0 heterocycles. The maximum absolute atomic E-state index is 12.8. The lowest BCUT2D eigenvalue weighted by Crippen LogP contribution is -2.18. The summed E-state index contributed by atoms with van der Waals surface area (Å²) < 4.78 is 12.8. The Morgan fingerprint density at radius 3 is 2.62 bits per heavy atom. The maximum Gasteiger partial charge on any atom is 0.220 e. The molecule has 0 radical (unpaired) electrons. The van der Waals surface area contributed by atoms with Crippen molar-refractivity contribution in [2.75, 3.05) is 12.8 Å². The Labute approximate surface area is 92.6 Å². The van der Waals surface area contributed by atoms with Crippen molar-refractivity contribution in [1.82, 2.24) is 5.32 Å². The molecule has 0 aliphatic carbocycles. The Kier molecular flexibility index (Phi) is 3.99. The maximum atomic E-state index is 12.8. The van der Waals surface area contributed by atoms with Gasteiger partial charge in [-0.25, -0.2) is 4.39 Å². The molecule has 0 bridgehead atoms. The topological polar surface area (TPSA) is 72.2 Å². The van der Waals surface area contributed by atoms with E-state index in [-0.39, 0.29) is 30.2 Å². The Morgan fingerprint density at radius 2 is 2.06 bits per heavy atom. The lowest BCUT2D eigenvalue weighted by Gasteiger charge is -2.02. The van der Waals surface area contributed by atoms with Crippen LogP contribution in [0.3, 0.4) is 0 Å². The van der Waals surface area contributed by atoms with E-state index in [1.165, 1.54) is 19.2 Å². The van der Waals surface area contributed by atoms with Gasteiger partial charge in [-0.15, -0.1) is 0 Å². The third kappa shape index (κ3) is 3.05. The molecular weight excluding hydrogens is 211 g/mol. The van der Waals surface area contributed by atoms with Crippen molar-refractivity contribution < 1.29 is 14.0 Å². The summed E-state index contributed by atoms with van der Waals surface area (Å²) in [6.45, 7) is 0. The number of nitrogens with one attached hydrogen (secondary N) is 1. The van der Waals surface area contributed by atoms with E-state index in [1.54, 1.807) is 0 Å². The van der Waals surface area contributed by atoms with Crippen LogP contribution in [-0.2, 0) is 4.79 Å². The van der Waals surface area contributed by atoms with Gasteiger partial charge < -0.3 is 11.1 Å². The van der Waals surface area contributed by atoms with E-state index >= 15 is 0 Å². The molecule has 0 spiro atoms. The van der Waals surface area contributed by atoms with E-state index < -0.39 is 5.82 Å². The number of carbonyl (C=O) groups is 2. The zero-order valence-corrected chi connectivity index (χ0v) is 8.92. The zero-order valence-electron chi connectivity index (χ0n) is 8.92. The Morgan fingerprint density at radius 1 is 1.38 bits per heavy atom. The molecule has 0 saturated heterocycles. The number of anilines is 1. The number of nitrogens with two attached hydrogens (primary N) is 1. The van der Waals surface area contributed by atoms with E-state index in [4.69, 9.17) is 5.73 Å². The highest BCUT2D eigenvalue weighted by Gasteiger charge is 2.10. The summed E-state index contributed by atoms with van der Waals surface area (Å²) >= 11 is 0. The number of carbonyl (C=O) groups excluding carboxylic acids is 2. The molecule has 0 aliphatic heterocycles. The second-order valence-corrected chi connectivity index (χ2v) is 3.33. The molecule has 1 rings (SSSR count). The van der Waals surface area contributed by atoms with Gasteiger partial charge >= 0.3 is 0 Å². The van der Waals surface area contributed by atoms with Crippen molar-refractivity contribution in [3.05, 3.63) is 29.6 Å². The average Bonchev–Trinajstić information content (AvgIpc) is 2.29. The first-order valence-corrected chi connectivity index (χ1v) is 4.83. The van der Waals surface area contributed by atoms with Crippen LogP contribution in [0.4, 0.5) is 10.1 Å². The number of halogens is 1. The van der Waals surface area contributed by atoms with Gasteiger partial charge in [0.25, 0.3) is 0 Å². The molecule has 1 aromatic carbocycles.